The molecule has 3 atom stereocenters. The lowest BCUT2D eigenvalue weighted by atomic mass is 9.96. The number of piperidine rings is 1. The van der Waals surface area contributed by atoms with E-state index in [1.54, 1.807) is 18.3 Å². The third-order valence-electron chi connectivity index (χ3n) is 5.10. The van der Waals surface area contributed by atoms with Gasteiger partial charge in [0.05, 0.1) is 11.9 Å². The maximum absolute atomic E-state index is 12.8. The number of hydrogen-bond donors (Lipinski definition) is 1. The molecule has 2 aliphatic heterocycles. The van der Waals surface area contributed by atoms with Crippen molar-refractivity contribution in [1.82, 2.24) is 20.2 Å². The summed E-state index contributed by atoms with van der Waals surface area (Å²) in [5.74, 6) is 0.0696. The van der Waals surface area contributed by atoms with Crippen LogP contribution in [0.15, 0.2) is 33.6 Å². The summed E-state index contributed by atoms with van der Waals surface area (Å²) in [6, 6.07) is 3.70. The molecule has 2 aliphatic rings. The number of furan rings is 1. The van der Waals surface area contributed by atoms with Gasteiger partial charge in [-0.15, -0.1) is 0 Å². The molecule has 7 nitrogen and oxygen atoms in total. The first-order chi connectivity index (χ1) is 12.5. The highest BCUT2D eigenvalue weighted by Gasteiger charge is 2.44. The standard InChI is InChI=1S/C18H19BrN4O3/c1-10-8-21-14(9-20-10)17(24)22-11-6-12-2-3-13(7-11)23(12)18(25)15-4-5-16(19)26-15/h4-5,8-9,11-13H,2-3,6-7H2,1H3,(H,22,24)/t11?,12-,13+. The molecule has 4 rings (SSSR count). The van der Waals surface area contributed by atoms with Crippen LogP contribution in [-0.2, 0) is 0 Å². The monoisotopic (exact) mass is 418 g/mol. The Bertz CT molecular complexity index is 821. The second-order valence-electron chi connectivity index (χ2n) is 6.89. The van der Waals surface area contributed by atoms with Crippen LogP contribution in [0.2, 0.25) is 0 Å². The summed E-state index contributed by atoms with van der Waals surface area (Å²) in [7, 11) is 0. The second-order valence-corrected chi connectivity index (χ2v) is 7.67. The van der Waals surface area contributed by atoms with E-state index < -0.39 is 0 Å². The Hall–Kier alpha value is -2.22. The average Bonchev–Trinajstić information content (AvgIpc) is 3.16. The van der Waals surface area contributed by atoms with E-state index in [1.807, 2.05) is 11.8 Å². The molecule has 8 heteroatoms. The number of fused-ring (bicyclic) bond motifs is 2. The molecular weight excluding hydrogens is 400 g/mol. The van der Waals surface area contributed by atoms with Crippen molar-refractivity contribution in [3.63, 3.8) is 0 Å². The summed E-state index contributed by atoms with van der Waals surface area (Å²) in [5, 5.41) is 3.05. The Kier molecular flexibility index (Phi) is 4.52. The van der Waals surface area contributed by atoms with Gasteiger partial charge < -0.3 is 14.6 Å². The van der Waals surface area contributed by atoms with E-state index in [9.17, 15) is 9.59 Å². The molecule has 0 spiro atoms. The summed E-state index contributed by atoms with van der Waals surface area (Å²) >= 11 is 3.24. The molecule has 2 fully saturated rings. The average molecular weight is 419 g/mol. The van der Waals surface area contributed by atoms with Gasteiger partial charge in [-0.25, -0.2) is 4.98 Å². The summed E-state index contributed by atoms with van der Waals surface area (Å²) in [6.45, 7) is 1.83. The van der Waals surface area contributed by atoms with E-state index >= 15 is 0 Å². The SMILES string of the molecule is Cc1cnc(C(=O)NC2C[C@H]3CC[C@@H](C2)N3C(=O)c2ccc(Br)o2)cn1. The molecule has 4 heterocycles. The van der Waals surface area contributed by atoms with Gasteiger partial charge in [0.15, 0.2) is 10.4 Å². The van der Waals surface area contributed by atoms with E-state index in [2.05, 4.69) is 31.2 Å². The Morgan fingerprint density at radius 1 is 1.19 bits per heavy atom. The largest absolute Gasteiger partial charge is 0.444 e. The summed E-state index contributed by atoms with van der Waals surface area (Å²) < 4.78 is 5.97. The predicted molar refractivity (Wildman–Crippen MR) is 96.6 cm³/mol. The molecule has 26 heavy (non-hydrogen) atoms. The Morgan fingerprint density at radius 3 is 2.50 bits per heavy atom. The molecule has 2 aromatic rings. The number of aromatic nitrogens is 2. The van der Waals surface area contributed by atoms with Gasteiger partial charge in [-0.3, -0.25) is 14.6 Å². The van der Waals surface area contributed by atoms with Crippen LogP contribution in [0.25, 0.3) is 0 Å². The van der Waals surface area contributed by atoms with Crippen LogP contribution in [0.5, 0.6) is 0 Å². The minimum absolute atomic E-state index is 0.0375. The first kappa shape index (κ1) is 17.2. The van der Waals surface area contributed by atoms with Crippen molar-refractivity contribution >= 4 is 27.7 Å². The van der Waals surface area contributed by atoms with E-state index in [0.29, 0.717) is 16.1 Å². The van der Waals surface area contributed by atoms with Crippen LogP contribution in [-0.4, -0.2) is 44.8 Å². The Labute approximate surface area is 159 Å². The molecule has 0 aromatic carbocycles. The zero-order chi connectivity index (χ0) is 18.3. The van der Waals surface area contributed by atoms with Gasteiger partial charge in [0.25, 0.3) is 11.8 Å². The number of nitrogens with one attached hydrogen (secondary N) is 1. The summed E-state index contributed by atoms with van der Waals surface area (Å²) in [6.07, 6.45) is 6.47. The predicted octanol–water partition coefficient (Wildman–Crippen LogP) is 2.71. The molecule has 0 radical (unpaired) electrons. The van der Waals surface area contributed by atoms with Crippen LogP contribution < -0.4 is 5.32 Å². The smallest absolute Gasteiger partial charge is 0.290 e. The number of hydrogen-bond acceptors (Lipinski definition) is 5. The van der Waals surface area contributed by atoms with Crippen LogP contribution >= 0.6 is 15.9 Å². The van der Waals surface area contributed by atoms with Crippen molar-refractivity contribution < 1.29 is 14.0 Å². The minimum atomic E-state index is -0.211. The maximum Gasteiger partial charge on any atom is 0.290 e. The van der Waals surface area contributed by atoms with Gasteiger partial charge in [0.1, 0.15) is 5.69 Å². The Morgan fingerprint density at radius 2 is 1.92 bits per heavy atom. The number of nitrogens with zero attached hydrogens (tertiary/aromatic N) is 3. The van der Waals surface area contributed by atoms with Crippen molar-refractivity contribution in [1.29, 1.82) is 0 Å². The van der Waals surface area contributed by atoms with Gasteiger partial charge in [-0.1, -0.05) is 0 Å². The molecule has 1 unspecified atom stereocenters. The fourth-order valence-electron chi connectivity index (χ4n) is 3.95. The van der Waals surface area contributed by atoms with Gasteiger partial charge in [-0.05, 0) is 60.7 Å². The molecule has 2 aromatic heterocycles. The van der Waals surface area contributed by atoms with E-state index in [-0.39, 0.29) is 29.9 Å². The van der Waals surface area contributed by atoms with Crippen molar-refractivity contribution in [3.8, 4) is 0 Å². The number of carbonyl (C=O) groups excluding carboxylic acids is 2. The van der Waals surface area contributed by atoms with E-state index in [1.165, 1.54) is 6.20 Å². The summed E-state index contributed by atoms with van der Waals surface area (Å²) in [5.41, 5.74) is 1.10. The third-order valence-corrected chi connectivity index (χ3v) is 5.53. The van der Waals surface area contributed by atoms with Crippen molar-refractivity contribution in [2.45, 2.75) is 50.7 Å². The molecular formula is C18H19BrN4O3. The second kappa shape index (κ2) is 6.83. The molecule has 1 N–H and O–H groups in total. The van der Waals surface area contributed by atoms with Gasteiger partial charge in [-0.2, -0.15) is 0 Å². The van der Waals surface area contributed by atoms with Crippen molar-refractivity contribution in [2.75, 3.05) is 0 Å². The van der Waals surface area contributed by atoms with Crippen molar-refractivity contribution in [3.05, 3.63) is 46.3 Å². The molecule has 136 valence electrons. The van der Waals surface area contributed by atoms with Gasteiger partial charge in [0, 0.05) is 24.3 Å². The van der Waals surface area contributed by atoms with E-state index in [0.717, 1.165) is 31.4 Å². The number of halogens is 1. The van der Waals surface area contributed by atoms with Crippen LogP contribution in [0, 0.1) is 6.92 Å². The number of aryl methyl sites for hydroxylation is 1. The lowest BCUT2D eigenvalue weighted by molar-refractivity contribution is 0.0517. The van der Waals surface area contributed by atoms with Gasteiger partial charge in [0.2, 0.25) is 0 Å². The zero-order valence-corrected chi connectivity index (χ0v) is 15.9. The fraction of sp³-hybridized carbons (Fsp3) is 0.444. The highest BCUT2D eigenvalue weighted by atomic mass is 79.9. The number of amides is 2. The van der Waals surface area contributed by atoms with Gasteiger partial charge >= 0.3 is 0 Å². The Balaban J connectivity index is 1.42. The van der Waals surface area contributed by atoms with E-state index in [4.69, 9.17) is 4.42 Å². The number of carbonyl (C=O) groups is 2. The quantitative estimate of drug-likeness (QED) is 0.827. The molecule has 2 saturated heterocycles. The minimum Gasteiger partial charge on any atom is -0.444 e. The van der Waals surface area contributed by atoms with Crippen molar-refractivity contribution in [2.24, 2.45) is 0 Å². The maximum atomic E-state index is 12.8. The first-order valence-corrected chi connectivity index (χ1v) is 9.48. The summed E-state index contributed by atoms with van der Waals surface area (Å²) in [4.78, 5) is 35.3. The zero-order valence-electron chi connectivity index (χ0n) is 14.3. The lowest BCUT2D eigenvalue weighted by Crippen LogP contribution is -2.52. The lowest BCUT2D eigenvalue weighted by Gasteiger charge is -2.38. The molecule has 0 aliphatic carbocycles. The van der Waals surface area contributed by atoms with Crippen LogP contribution in [0.1, 0.15) is 52.4 Å². The highest BCUT2D eigenvalue weighted by Crippen LogP contribution is 2.37. The third kappa shape index (κ3) is 3.25. The number of rotatable bonds is 3. The topological polar surface area (TPSA) is 88.3 Å². The van der Waals surface area contributed by atoms with Crippen LogP contribution in [0.4, 0.5) is 0 Å². The fourth-order valence-corrected chi connectivity index (χ4v) is 4.26. The molecule has 2 amide bonds. The first-order valence-electron chi connectivity index (χ1n) is 8.69. The molecule has 0 saturated carbocycles. The molecule has 2 bridgehead atoms. The van der Waals surface area contributed by atoms with Crippen LogP contribution in [0.3, 0.4) is 0 Å². The normalized spacial score (nSPS) is 24.5. The highest BCUT2D eigenvalue weighted by molar-refractivity contribution is 9.10.